The van der Waals surface area contributed by atoms with Crippen molar-refractivity contribution in [3.8, 4) is 0 Å². The summed E-state index contributed by atoms with van der Waals surface area (Å²) in [5, 5.41) is 1.21. The first kappa shape index (κ1) is 12.6. The Morgan fingerprint density at radius 2 is 1.95 bits per heavy atom. The molecule has 100 valence electrons. The van der Waals surface area contributed by atoms with Crippen LogP contribution in [0.2, 0.25) is 0 Å². The fourth-order valence-corrected chi connectivity index (χ4v) is 2.93. The Labute approximate surface area is 119 Å². The van der Waals surface area contributed by atoms with Gasteiger partial charge in [0, 0.05) is 35.8 Å². The molecule has 0 unspecified atom stereocenters. The fraction of sp³-hybridized carbons (Fsp3) is 0.400. The lowest BCUT2D eigenvalue weighted by Gasteiger charge is -2.15. The van der Waals surface area contributed by atoms with E-state index in [1.807, 2.05) is 6.07 Å². The lowest BCUT2D eigenvalue weighted by Crippen LogP contribution is -2.23. The third kappa shape index (κ3) is 2.65. The van der Waals surface area contributed by atoms with Gasteiger partial charge in [-0.3, -0.25) is 0 Å². The summed E-state index contributed by atoms with van der Waals surface area (Å²) in [6.45, 7) is 4.70. The first-order valence-electron chi connectivity index (χ1n) is 6.85. The predicted molar refractivity (Wildman–Crippen MR) is 83.5 cm³/mol. The van der Waals surface area contributed by atoms with Crippen molar-refractivity contribution in [3.05, 3.63) is 36.0 Å². The van der Waals surface area contributed by atoms with Gasteiger partial charge in [-0.25, -0.2) is 0 Å². The Kier molecular flexibility index (Phi) is 3.53. The summed E-state index contributed by atoms with van der Waals surface area (Å²) in [6, 6.07) is 8.34. The highest BCUT2D eigenvalue weighted by atomic mass is 32.1. The predicted octanol–water partition coefficient (Wildman–Crippen LogP) is 2.37. The zero-order valence-electron chi connectivity index (χ0n) is 11.0. The van der Waals surface area contributed by atoms with E-state index in [9.17, 15) is 0 Å². The summed E-state index contributed by atoms with van der Waals surface area (Å²) in [5.74, 6) is 0. The van der Waals surface area contributed by atoms with Crippen LogP contribution in [0.4, 0.5) is 0 Å². The van der Waals surface area contributed by atoms with Crippen molar-refractivity contribution in [2.24, 2.45) is 5.73 Å². The van der Waals surface area contributed by atoms with Gasteiger partial charge < -0.3 is 15.2 Å². The van der Waals surface area contributed by atoms with E-state index in [1.165, 1.54) is 36.8 Å². The van der Waals surface area contributed by atoms with E-state index in [0.717, 1.165) is 18.7 Å². The second kappa shape index (κ2) is 5.31. The lowest BCUT2D eigenvalue weighted by atomic mass is 10.1. The molecule has 0 radical (unpaired) electrons. The van der Waals surface area contributed by atoms with Crippen LogP contribution in [0.25, 0.3) is 10.9 Å². The zero-order chi connectivity index (χ0) is 13.2. The molecular weight excluding hydrogens is 254 g/mol. The number of fused-ring (bicyclic) bond motifs is 1. The van der Waals surface area contributed by atoms with Crippen molar-refractivity contribution in [1.29, 1.82) is 0 Å². The molecule has 1 aliphatic heterocycles. The molecule has 3 nitrogen and oxygen atoms in total. The van der Waals surface area contributed by atoms with Gasteiger partial charge in [0.15, 0.2) is 0 Å². The molecule has 0 aliphatic carbocycles. The van der Waals surface area contributed by atoms with Gasteiger partial charge in [0.2, 0.25) is 0 Å². The Bertz CT molecular complexity index is 596. The highest BCUT2D eigenvalue weighted by Gasteiger charge is 2.11. The van der Waals surface area contributed by atoms with Crippen LogP contribution in [0.15, 0.2) is 30.5 Å². The first-order valence-corrected chi connectivity index (χ1v) is 7.26. The summed E-state index contributed by atoms with van der Waals surface area (Å²) in [6.07, 6.45) is 4.86. The Hall–Kier alpha value is -1.39. The maximum atomic E-state index is 5.67. The molecule has 0 spiro atoms. The van der Waals surface area contributed by atoms with E-state index in [0.29, 0.717) is 4.99 Å². The molecule has 4 heteroatoms. The normalized spacial score (nSPS) is 16.2. The Balaban J connectivity index is 1.78. The van der Waals surface area contributed by atoms with Crippen LogP contribution < -0.4 is 5.73 Å². The van der Waals surface area contributed by atoms with Crippen LogP contribution in [0.1, 0.15) is 18.4 Å². The molecule has 1 aromatic heterocycles. The standard InChI is InChI=1S/C15H19N3S/c16-15(19)13-3-4-14-12(11-13)5-8-18(14)10-9-17-6-1-2-7-17/h3-5,8,11H,1-2,6-7,9-10H2,(H2,16,19). The highest BCUT2D eigenvalue weighted by Crippen LogP contribution is 2.18. The number of rotatable bonds is 4. The molecule has 0 bridgehead atoms. The van der Waals surface area contributed by atoms with E-state index < -0.39 is 0 Å². The maximum absolute atomic E-state index is 5.67. The van der Waals surface area contributed by atoms with Gasteiger partial charge >= 0.3 is 0 Å². The van der Waals surface area contributed by atoms with Crippen molar-refractivity contribution in [3.63, 3.8) is 0 Å². The summed E-state index contributed by atoms with van der Waals surface area (Å²) in [4.78, 5) is 3.00. The molecule has 1 fully saturated rings. The van der Waals surface area contributed by atoms with E-state index >= 15 is 0 Å². The van der Waals surface area contributed by atoms with Crippen molar-refractivity contribution in [2.75, 3.05) is 19.6 Å². The molecule has 1 aromatic carbocycles. The maximum Gasteiger partial charge on any atom is 0.104 e. The summed E-state index contributed by atoms with van der Waals surface area (Å²) < 4.78 is 2.32. The third-order valence-corrected chi connectivity index (χ3v) is 4.15. The monoisotopic (exact) mass is 273 g/mol. The Morgan fingerprint density at radius 3 is 2.68 bits per heavy atom. The molecular formula is C15H19N3S. The number of nitrogens with two attached hydrogens (primary N) is 1. The molecule has 1 saturated heterocycles. The molecule has 3 rings (SSSR count). The number of benzene rings is 1. The number of hydrogen-bond acceptors (Lipinski definition) is 2. The van der Waals surface area contributed by atoms with E-state index in [-0.39, 0.29) is 0 Å². The average Bonchev–Trinajstić information content (AvgIpc) is 3.05. The fourth-order valence-electron chi connectivity index (χ4n) is 2.80. The zero-order valence-corrected chi connectivity index (χ0v) is 11.8. The summed E-state index contributed by atoms with van der Waals surface area (Å²) >= 11 is 5.02. The number of likely N-dealkylation sites (tertiary alicyclic amines) is 1. The quantitative estimate of drug-likeness (QED) is 0.869. The van der Waals surface area contributed by atoms with Crippen molar-refractivity contribution >= 4 is 28.1 Å². The molecule has 2 N–H and O–H groups in total. The smallest absolute Gasteiger partial charge is 0.104 e. The average molecular weight is 273 g/mol. The number of aromatic nitrogens is 1. The summed E-state index contributed by atoms with van der Waals surface area (Å²) in [7, 11) is 0. The van der Waals surface area contributed by atoms with Crippen molar-refractivity contribution in [1.82, 2.24) is 9.47 Å². The molecule has 2 aromatic rings. The van der Waals surface area contributed by atoms with Crippen LogP contribution in [0.3, 0.4) is 0 Å². The van der Waals surface area contributed by atoms with Crippen molar-refractivity contribution < 1.29 is 0 Å². The molecule has 2 heterocycles. The van der Waals surface area contributed by atoms with Crippen molar-refractivity contribution in [2.45, 2.75) is 19.4 Å². The van der Waals surface area contributed by atoms with E-state index in [2.05, 4.69) is 33.9 Å². The minimum absolute atomic E-state index is 0.465. The number of nitrogens with zero attached hydrogens (tertiary/aromatic N) is 2. The number of hydrogen-bond donors (Lipinski definition) is 1. The summed E-state index contributed by atoms with van der Waals surface area (Å²) in [5.41, 5.74) is 7.88. The van der Waals surface area contributed by atoms with E-state index in [4.69, 9.17) is 18.0 Å². The van der Waals surface area contributed by atoms with Gasteiger partial charge in [-0.1, -0.05) is 12.2 Å². The lowest BCUT2D eigenvalue weighted by molar-refractivity contribution is 0.324. The molecule has 0 saturated carbocycles. The molecule has 0 atom stereocenters. The number of thiocarbonyl (C=S) groups is 1. The van der Waals surface area contributed by atoms with Gasteiger partial charge in [0.25, 0.3) is 0 Å². The molecule has 1 aliphatic rings. The van der Waals surface area contributed by atoms with Gasteiger partial charge in [-0.05, 0) is 50.2 Å². The first-order chi connectivity index (χ1) is 9.24. The van der Waals surface area contributed by atoms with Crippen LogP contribution in [0.5, 0.6) is 0 Å². The minimum atomic E-state index is 0.465. The topological polar surface area (TPSA) is 34.2 Å². The van der Waals surface area contributed by atoms with E-state index in [1.54, 1.807) is 0 Å². The molecule has 0 amide bonds. The third-order valence-electron chi connectivity index (χ3n) is 3.91. The Morgan fingerprint density at radius 1 is 1.16 bits per heavy atom. The van der Waals surface area contributed by atoms with Crippen LogP contribution >= 0.6 is 12.2 Å². The SMILES string of the molecule is NC(=S)c1ccc2c(ccn2CCN2CCCC2)c1. The molecule has 19 heavy (non-hydrogen) atoms. The second-order valence-electron chi connectivity index (χ2n) is 5.20. The van der Waals surface area contributed by atoms with Crippen LogP contribution in [-0.4, -0.2) is 34.1 Å². The van der Waals surface area contributed by atoms with Gasteiger partial charge in [-0.2, -0.15) is 0 Å². The van der Waals surface area contributed by atoms with Crippen LogP contribution in [0, 0.1) is 0 Å². The second-order valence-corrected chi connectivity index (χ2v) is 5.64. The van der Waals surface area contributed by atoms with Crippen LogP contribution in [-0.2, 0) is 6.54 Å². The van der Waals surface area contributed by atoms with Gasteiger partial charge in [0.1, 0.15) is 4.99 Å². The van der Waals surface area contributed by atoms with Gasteiger partial charge in [0.05, 0.1) is 0 Å². The minimum Gasteiger partial charge on any atom is -0.389 e. The highest BCUT2D eigenvalue weighted by molar-refractivity contribution is 7.80. The largest absolute Gasteiger partial charge is 0.389 e. The van der Waals surface area contributed by atoms with Gasteiger partial charge in [-0.15, -0.1) is 0 Å².